The first-order chi connectivity index (χ1) is 12.0. The Morgan fingerprint density at radius 2 is 1.96 bits per heavy atom. The molecule has 0 fully saturated rings. The van der Waals surface area contributed by atoms with Gasteiger partial charge in [-0.15, -0.1) is 0 Å². The second-order valence-corrected chi connectivity index (χ2v) is 6.55. The molecule has 0 aliphatic carbocycles. The molecule has 25 heavy (non-hydrogen) atoms. The van der Waals surface area contributed by atoms with Crippen LogP contribution in [0.1, 0.15) is 18.8 Å². The van der Waals surface area contributed by atoms with Crippen LogP contribution < -0.4 is 10.6 Å². The molecule has 0 unspecified atom stereocenters. The van der Waals surface area contributed by atoms with Crippen molar-refractivity contribution in [2.75, 3.05) is 5.32 Å². The Balaban J connectivity index is 1.71. The fourth-order valence-corrected chi connectivity index (χ4v) is 3.08. The maximum Gasteiger partial charge on any atom is 0.319 e. The molecule has 2 N–H and O–H groups in total. The third kappa shape index (κ3) is 4.17. The largest absolute Gasteiger partial charge is 0.328 e. The molecule has 0 spiro atoms. The molecule has 2 amide bonds. The van der Waals surface area contributed by atoms with Gasteiger partial charge in [0.2, 0.25) is 0 Å². The van der Waals surface area contributed by atoms with E-state index in [1.807, 2.05) is 0 Å². The molecule has 3 rings (SSSR count). The number of nitrogens with zero attached hydrogens (tertiary/aromatic N) is 6. The number of carbonyl (C=O) groups excluding carboxylic acids is 1. The molecule has 0 aromatic carbocycles. The highest BCUT2D eigenvalue weighted by Crippen LogP contribution is 2.24. The number of carbonyl (C=O) groups is 1. The minimum Gasteiger partial charge on any atom is -0.328 e. The summed E-state index contributed by atoms with van der Waals surface area (Å²) in [6.45, 7) is 1.79. The highest BCUT2D eigenvalue weighted by molar-refractivity contribution is 9.11. The number of rotatable bonds is 4. The number of hydrogen-bond donors (Lipinski definition) is 2. The predicted molar refractivity (Wildman–Crippen MR) is 97.2 cm³/mol. The Bertz CT molecular complexity index is 886. The van der Waals surface area contributed by atoms with E-state index in [1.165, 1.54) is 11.0 Å². The molecule has 11 heteroatoms. The van der Waals surface area contributed by atoms with Crippen molar-refractivity contribution in [3.63, 3.8) is 0 Å². The van der Waals surface area contributed by atoms with Gasteiger partial charge in [0.05, 0.1) is 17.9 Å². The van der Waals surface area contributed by atoms with E-state index in [4.69, 9.17) is 0 Å². The van der Waals surface area contributed by atoms with Crippen molar-refractivity contribution in [3.8, 4) is 5.95 Å². The number of nitrogens with one attached hydrogen (secondary N) is 2. The highest BCUT2D eigenvalue weighted by Gasteiger charge is 2.18. The summed E-state index contributed by atoms with van der Waals surface area (Å²) in [5.41, 5.74) is 0.542. The maximum atomic E-state index is 12.2. The highest BCUT2D eigenvalue weighted by atomic mass is 79.9. The van der Waals surface area contributed by atoms with Gasteiger partial charge in [-0.2, -0.15) is 9.78 Å². The van der Waals surface area contributed by atoms with Gasteiger partial charge in [-0.05, 0) is 50.9 Å². The summed E-state index contributed by atoms with van der Waals surface area (Å²) in [7, 11) is 0. The third-order valence-electron chi connectivity index (χ3n) is 3.12. The average molecular weight is 468 g/mol. The molecule has 9 nitrogen and oxygen atoms in total. The maximum absolute atomic E-state index is 12.2. The van der Waals surface area contributed by atoms with Crippen LogP contribution in [-0.2, 0) is 0 Å². The number of pyridine rings is 1. The van der Waals surface area contributed by atoms with Crippen LogP contribution in [-0.4, -0.2) is 35.7 Å². The van der Waals surface area contributed by atoms with E-state index in [1.54, 1.807) is 37.6 Å². The molecule has 3 aromatic heterocycles. The zero-order valence-electron chi connectivity index (χ0n) is 12.9. The molecule has 3 aromatic rings. The number of urea groups is 1. The molecular weight excluding hydrogens is 456 g/mol. The van der Waals surface area contributed by atoms with Crippen LogP contribution in [0.2, 0.25) is 0 Å². The Kier molecular flexibility index (Phi) is 5.34. The number of amides is 2. The molecule has 3 heterocycles. The molecule has 0 saturated carbocycles. The molecular formula is C14H12Br2N8O. The summed E-state index contributed by atoms with van der Waals surface area (Å²) in [5.74, 6) is 0.887. The van der Waals surface area contributed by atoms with Crippen molar-refractivity contribution < 1.29 is 4.79 Å². The third-order valence-corrected chi connectivity index (χ3v) is 4.21. The van der Waals surface area contributed by atoms with Gasteiger partial charge in [-0.3, -0.25) is 0 Å². The van der Waals surface area contributed by atoms with Crippen LogP contribution in [0.5, 0.6) is 0 Å². The first kappa shape index (κ1) is 17.4. The minimum absolute atomic E-state index is 0.379. The molecule has 0 radical (unpaired) electrons. The second kappa shape index (κ2) is 7.66. The Hall–Kier alpha value is -2.40. The average Bonchev–Trinajstić information content (AvgIpc) is 3.08. The van der Waals surface area contributed by atoms with E-state index < -0.39 is 12.1 Å². The summed E-state index contributed by atoms with van der Waals surface area (Å²) in [6, 6.07) is 2.62. The zero-order valence-corrected chi connectivity index (χ0v) is 16.1. The first-order valence-corrected chi connectivity index (χ1v) is 8.69. The van der Waals surface area contributed by atoms with Crippen molar-refractivity contribution in [1.82, 2.24) is 35.0 Å². The van der Waals surface area contributed by atoms with Crippen molar-refractivity contribution >= 4 is 43.6 Å². The van der Waals surface area contributed by atoms with E-state index in [2.05, 4.69) is 67.5 Å². The predicted octanol–water partition coefficient (Wildman–Crippen LogP) is 2.86. The standard InChI is InChI=1S/C14H12Br2N8O/c1-8(12-20-7-21-24(12)13-17-3-2-4-18-13)22-14(25)23-10-6-19-11(16)5-9(10)15/h2-8H,1H3,(H2,22,23,25)/t8-/m0/s1. The van der Waals surface area contributed by atoms with Crippen molar-refractivity contribution in [2.45, 2.75) is 13.0 Å². The normalized spacial score (nSPS) is 11.8. The summed E-state index contributed by atoms with van der Waals surface area (Å²) in [6.07, 6.45) is 6.14. The zero-order chi connectivity index (χ0) is 17.8. The van der Waals surface area contributed by atoms with Gasteiger partial charge in [-0.1, -0.05) is 0 Å². The molecule has 1 atom stereocenters. The topological polar surface area (TPSA) is 111 Å². The van der Waals surface area contributed by atoms with Crippen molar-refractivity contribution in [2.24, 2.45) is 0 Å². The SMILES string of the molecule is C[C@H](NC(=O)Nc1cnc(Br)cc1Br)c1ncnn1-c1ncccn1. The molecule has 0 bridgehead atoms. The summed E-state index contributed by atoms with van der Waals surface area (Å²) in [5, 5.41) is 9.62. The van der Waals surface area contributed by atoms with E-state index in [0.717, 1.165) is 0 Å². The molecule has 0 aliphatic rings. The summed E-state index contributed by atoms with van der Waals surface area (Å²) < 4.78 is 2.84. The van der Waals surface area contributed by atoms with Crippen molar-refractivity contribution in [1.29, 1.82) is 0 Å². The van der Waals surface area contributed by atoms with Crippen LogP contribution in [0.25, 0.3) is 5.95 Å². The van der Waals surface area contributed by atoms with Gasteiger partial charge in [-0.25, -0.2) is 24.7 Å². The van der Waals surface area contributed by atoms with Crippen LogP contribution in [0.15, 0.2) is 46.1 Å². The second-order valence-electron chi connectivity index (χ2n) is 4.89. The van der Waals surface area contributed by atoms with Gasteiger partial charge < -0.3 is 10.6 Å². The Morgan fingerprint density at radius 3 is 2.68 bits per heavy atom. The Labute approximate surface area is 159 Å². The lowest BCUT2D eigenvalue weighted by Crippen LogP contribution is -2.32. The van der Waals surface area contributed by atoms with Crippen LogP contribution in [0.4, 0.5) is 10.5 Å². The lowest BCUT2D eigenvalue weighted by Gasteiger charge is -2.15. The lowest BCUT2D eigenvalue weighted by molar-refractivity contribution is 0.248. The van der Waals surface area contributed by atoms with E-state index in [-0.39, 0.29) is 0 Å². The smallest absolute Gasteiger partial charge is 0.319 e. The first-order valence-electron chi connectivity index (χ1n) is 7.10. The van der Waals surface area contributed by atoms with Crippen LogP contribution in [0, 0.1) is 0 Å². The van der Waals surface area contributed by atoms with Gasteiger partial charge >= 0.3 is 6.03 Å². The number of hydrogen-bond acceptors (Lipinski definition) is 6. The molecule has 0 saturated heterocycles. The quantitative estimate of drug-likeness (QED) is 0.570. The monoisotopic (exact) mass is 466 g/mol. The van der Waals surface area contributed by atoms with E-state index in [9.17, 15) is 4.79 Å². The van der Waals surface area contributed by atoms with E-state index >= 15 is 0 Å². The summed E-state index contributed by atoms with van der Waals surface area (Å²) in [4.78, 5) is 28.8. The number of anilines is 1. The van der Waals surface area contributed by atoms with Crippen LogP contribution >= 0.6 is 31.9 Å². The van der Waals surface area contributed by atoms with Crippen LogP contribution in [0.3, 0.4) is 0 Å². The minimum atomic E-state index is -0.423. The molecule has 128 valence electrons. The van der Waals surface area contributed by atoms with E-state index in [0.29, 0.717) is 26.5 Å². The fourth-order valence-electron chi connectivity index (χ4n) is 2.02. The van der Waals surface area contributed by atoms with Gasteiger partial charge in [0.25, 0.3) is 5.95 Å². The van der Waals surface area contributed by atoms with Gasteiger partial charge in [0.15, 0.2) is 5.82 Å². The van der Waals surface area contributed by atoms with Gasteiger partial charge in [0, 0.05) is 16.9 Å². The van der Waals surface area contributed by atoms with Gasteiger partial charge in [0.1, 0.15) is 10.9 Å². The number of halogens is 2. The lowest BCUT2D eigenvalue weighted by atomic mass is 10.3. The van der Waals surface area contributed by atoms with Crippen molar-refractivity contribution in [3.05, 3.63) is 52.0 Å². The fraction of sp³-hybridized carbons (Fsp3) is 0.143. The number of aromatic nitrogens is 6. The summed E-state index contributed by atoms with van der Waals surface area (Å²) >= 11 is 6.63. The Morgan fingerprint density at radius 1 is 1.20 bits per heavy atom. The molecule has 0 aliphatic heterocycles.